The molecule has 6 nitrogen and oxygen atoms in total. The second kappa shape index (κ2) is 9.82. The number of nitrogens with one attached hydrogen (secondary N) is 2. The lowest BCUT2D eigenvalue weighted by atomic mass is 10.2. The van der Waals surface area contributed by atoms with Crippen LogP contribution in [0, 0.1) is 0 Å². The number of carbonyl (C=O) groups is 2. The quantitative estimate of drug-likeness (QED) is 0.502. The summed E-state index contributed by atoms with van der Waals surface area (Å²) in [5, 5.41) is 10.9. The molecule has 0 aliphatic carbocycles. The van der Waals surface area contributed by atoms with E-state index in [4.69, 9.17) is 23.2 Å². The van der Waals surface area contributed by atoms with Gasteiger partial charge in [0.25, 0.3) is 0 Å². The minimum Gasteiger partial charge on any atom is -0.326 e. The lowest BCUT2D eigenvalue weighted by molar-refractivity contribution is -0.114. The van der Waals surface area contributed by atoms with Crippen LogP contribution in [0.4, 0.5) is 11.5 Å². The SMILES string of the molecule is CC(=O)Nc1ccc(SCC(=O)Nc2ccnn2Cc2c(Cl)cccc2Cl)cc1. The highest BCUT2D eigenvalue weighted by molar-refractivity contribution is 8.00. The molecule has 29 heavy (non-hydrogen) atoms. The molecule has 0 radical (unpaired) electrons. The van der Waals surface area contributed by atoms with Gasteiger partial charge in [-0.1, -0.05) is 29.3 Å². The molecule has 3 aromatic rings. The average molecular weight is 449 g/mol. The second-order valence-corrected chi connectivity index (χ2v) is 7.98. The van der Waals surface area contributed by atoms with E-state index in [1.54, 1.807) is 47.3 Å². The van der Waals surface area contributed by atoms with E-state index in [0.29, 0.717) is 28.1 Å². The van der Waals surface area contributed by atoms with Crippen LogP contribution >= 0.6 is 35.0 Å². The minimum absolute atomic E-state index is 0.125. The second-order valence-electron chi connectivity index (χ2n) is 6.12. The summed E-state index contributed by atoms with van der Waals surface area (Å²) in [6.07, 6.45) is 1.61. The molecule has 1 heterocycles. The summed E-state index contributed by atoms with van der Waals surface area (Å²) in [4.78, 5) is 24.3. The van der Waals surface area contributed by atoms with Gasteiger partial charge in [-0.05, 0) is 36.4 Å². The van der Waals surface area contributed by atoms with Crippen LogP contribution < -0.4 is 10.6 Å². The smallest absolute Gasteiger partial charge is 0.235 e. The number of benzene rings is 2. The molecule has 0 atom stereocenters. The summed E-state index contributed by atoms with van der Waals surface area (Å²) >= 11 is 13.8. The molecule has 2 amide bonds. The maximum Gasteiger partial charge on any atom is 0.235 e. The van der Waals surface area contributed by atoms with E-state index in [0.717, 1.165) is 10.5 Å². The molecular weight excluding hydrogens is 431 g/mol. The first-order chi connectivity index (χ1) is 13.9. The van der Waals surface area contributed by atoms with Crippen molar-refractivity contribution in [3.63, 3.8) is 0 Å². The fourth-order valence-corrected chi connectivity index (χ4v) is 3.78. The standard InChI is InChI=1S/C20H18Cl2N4O2S/c1-13(27)24-14-5-7-15(8-6-14)29-12-20(28)25-19-9-10-23-26(19)11-16-17(21)3-2-4-18(16)22/h2-10H,11-12H2,1H3,(H,24,27)(H,25,28). The van der Waals surface area contributed by atoms with Gasteiger partial charge in [-0.2, -0.15) is 5.10 Å². The number of halogens is 2. The highest BCUT2D eigenvalue weighted by atomic mass is 35.5. The number of aromatic nitrogens is 2. The Hall–Kier alpha value is -2.48. The number of hydrogen-bond donors (Lipinski definition) is 2. The molecule has 9 heteroatoms. The Morgan fingerprint density at radius 3 is 2.38 bits per heavy atom. The number of nitrogens with zero attached hydrogens (tertiary/aromatic N) is 2. The predicted octanol–water partition coefficient (Wildman–Crippen LogP) is 4.93. The first kappa shape index (κ1) is 21.2. The van der Waals surface area contributed by atoms with Crippen LogP contribution in [0.15, 0.2) is 59.6 Å². The van der Waals surface area contributed by atoms with Crippen LogP contribution in [0.5, 0.6) is 0 Å². The van der Waals surface area contributed by atoms with Crippen LogP contribution in [0.3, 0.4) is 0 Å². The number of rotatable bonds is 7. The molecule has 0 spiro atoms. The van der Waals surface area contributed by atoms with Gasteiger partial charge in [0.2, 0.25) is 11.8 Å². The molecular formula is C20H18Cl2N4O2S. The zero-order valence-corrected chi connectivity index (χ0v) is 17.8. The van der Waals surface area contributed by atoms with Gasteiger partial charge in [-0.25, -0.2) is 4.68 Å². The van der Waals surface area contributed by atoms with Gasteiger partial charge in [0, 0.05) is 39.2 Å². The Morgan fingerprint density at radius 2 is 1.72 bits per heavy atom. The van der Waals surface area contributed by atoms with Gasteiger partial charge >= 0.3 is 0 Å². The first-order valence-corrected chi connectivity index (χ1v) is 10.4. The van der Waals surface area contributed by atoms with Crippen LogP contribution in [-0.2, 0) is 16.1 Å². The summed E-state index contributed by atoms with van der Waals surface area (Å²) in [5.41, 5.74) is 1.46. The summed E-state index contributed by atoms with van der Waals surface area (Å²) in [5.74, 6) is 0.511. The van der Waals surface area contributed by atoms with E-state index in [2.05, 4.69) is 15.7 Å². The Balaban J connectivity index is 1.58. The summed E-state index contributed by atoms with van der Waals surface area (Å²) < 4.78 is 1.64. The van der Waals surface area contributed by atoms with Crippen molar-refractivity contribution in [3.05, 3.63) is 70.3 Å². The topological polar surface area (TPSA) is 76.0 Å². The van der Waals surface area contributed by atoms with Crippen molar-refractivity contribution < 1.29 is 9.59 Å². The molecule has 2 N–H and O–H groups in total. The number of thioether (sulfide) groups is 1. The third kappa shape index (κ3) is 6.00. The molecule has 0 aliphatic rings. The summed E-state index contributed by atoms with van der Waals surface area (Å²) in [7, 11) is 0. The van der Waals surface area contributed by atoms with Crippen LogP contribution in [0.25, 0.3) is 0 Å². The fourth-order valence-electron chi connectivity index (χ4n) is 2.56. The van der Waals surface area contributed by atoms with Crippen molar-refractivity contribution in [1.82, 2.24) is 9.78 Å². The van der Waals surface area contributed by atoms with Gasteiger partial charge in [0.15, 0.2) is 0 Å². The Bertz CT molecular complexity index is 1000. The van der Waals surface area contributed by atoms with E-state index in [9.17, 15) is 9.59 Å². The zero-order chi connectivity index (χ0) is 20.8. The first-order valence-electron chi connectivity index (χ1n) is 8.67. The van der Waals surface area contributed by atoms with E-state index >= 15 is 0 Å². The molecule has 3 rings (SSSR count). The monoisotopic (exact) mass is 448 g/mol. The Morgan fingerprint density at radius 1 is 1.03 bits per heavy atom. The molecule has 0 saturated carbocycles. The van der Waals surface area contributed by atoms with Crippen molar-refractivity contribution in [1.29, 1.82) is 0 Å². The third-order valence-corrected chi connectivity index (χ3v) is 5.62. The van der Waals surface area contributed by atoms with Crippen LogP contribution in [-0.4, -0.2) is 27.3 Å². The van der Waals surface area contributed by atoms with Crippen LogP contribution in [0.1, 0.15) is 12.5 Å². The van der Waals surface area contributed by atoms with Crippen molar-refractivity contribution >= 4 is 58.3 Å². The molecule has 2 aromatic carbocycles. The molecule has 0 unspecified atom stereocenters. The number of hydrogen-bond acceptors (Lipinski definition) is 4. The summed E-state index contributed by atoms with van der Waals surface area (Å²) in [6, 6.07) is 14.3. The molecule has 0 bridgehead atoms. The molecule has 0 fully saturated rings. The van der Waals surface area contributed by atoms with Gasteiger partial charge in [-0.15, -0.1) is 11.8 Å². The van der Waals surface area contributed by atoms with Crippen molar-refractivity contribution in [2.75, 3.05) is 16.4 Å². The Labute approximate surface area is 182 Å². The number of carbonyl (C=O) groups excluding carboxylic acids is 2. The van der Waals surface area contributed by atoms with Gasteiger partial charge in [-0.3, -0.25) is 9.59 Å². The van der Waals surface area contributed by atoms with E-state index in [-0.39, 0.29) is 17.6 Å². The Kier molecular flexibility index (Phi) is 7.19. The molecule has 0 aliphatic heterocycles. The number of amides is 2. The molecule has 150 valence electrons. The average Bonchev–Trinajstić information content (AvgIpc) is 3.10. The largest absolute Gasteiger partial charge is 0.326 e. The highest BCUT2D eigenvalue weighted by Crippen LogP contribution is 2.26. The maximum absolute atomic E-state index is 12.4. The van der Waals surface area contributed by atoms with Gasteiger partial charge in [0.1, 0.15) is 5.82 Å². The normalized spacial score (nSPS) is 10.6. The predicted molar refractivity (Wildman–Crippen MR) is 118 cm³/mol. The van der Waals surface area contributed by atoms with Gasteiger partial charge < -0.3 is 10.6 Å². The maximum atomic E-state index is 12.4. The van der Waals surface area contributed by atoms with E-state index in [1.807, 2.05) is 12.1 Å². The minimum atomic E-state index is -0.159. The van der Waals surface area contributed by atoms with Crippen molar-refractivity contribution in [3.8, 4) is 0 Å². The lowest BCUT2D eigenvalue weighted by Gasteiger charge is -2.11. The van der Waals surface area contributed by atoms with Gasteiger partial charge in [0.05, 0.1) is 18.5 Å². The lowest BCUT2D eigenvalue weighted by Crippen LogP contribution is -2.18. The van der Waals surface area contributed by atoms with Crippen LogP contribution in [0.2, 0.25) is 10.0 Å². The molecule has 0 saturated heterocycles. The third-order valence-electron chi connectivity index (χ3n) is 3.90. The van der Waals surface area contributed by atoms with E-state index < -0.39 is 0 Å². The summed E-state index contributed by atoms with van der Waals surface area (Å²) in [6.45, 7) is 1.80. The zero-order valence-electron chi connectivity index (χ0n) is 15.5. The highest BCUT2D eigenvalue weighted by Gasteiger charge is 2.12. The number of anilines is 2. The fraction of sp³-hybridized carbons (Fsp3) is 0.150. The molecule has 1 aromatic heterocycles. The van der Waals surface area contributed by atoms with Crippen molar-refractivity contribution in [2.24, 2.45) is 0 Å². The van der Waals surface area contributed by atoms with Crippen molar-refractivity contribution in [2.45, 2.75) is 18.4 Å². The van der Waals surface area contributed by atoms with E-state index in [1.165, 1.54) is 18.7 Å².